The van der Waals surface area contributed by atoms with Crippen molar-refractivity contribution >= 4 is 15.9 Å². The lowest BCUT2D eigenvalue weighted by atomic mass is 9.78. The average molecular weight is 326 g/mol. The van der Waals surface area contributed by atoms with Crippen molar-refractivity contribution in [1.82, 2.24) is 0 Å². The van der Waals surface area contributed by atoms with Crippen LogP contribution in [-0.4, -0.2) is 19.8 Å². The molecule has 19 heavy (non-hydrogen) atoms. The van der Waals surface area contributed by atoms with E-state index in [0.717, 1.165) is 48.4 Å². The number of benzene rings is 1. The number of hydrogen-bond acceptors (Lipinski definition) is 3. The van der Waals surface area contributed by atoms with Crippen LogP contribution in [0, 0.1) is 0 Å². The van der Waals surface area contributed by atoms with E-state index in [-0.39, 0.29) is 5.41 Å². The molecule has 3 rings (SSSR count). The van der Waals surface area contributed by atoms with Crippen molar-refractivity contribution in [1.29, 1.82) is 0 Å². The second kappa shape index (κ2) is 5.33. The van der Waals surface area contributed by atoms with Gasteiger partial charge in [-0.3, -0.25) is 0 Å². The Morgan fingerprint density at radius 3 is 2.58 bits per heavy atom. The van der Waals surface area contributed by atoms with Crippen molar-refractivity contribution < 1.29 is 9.47 Å². The zero-order valence-corrected chi connectivity index (χ0v) is 12.7. The Balaban J connectivity index is 2.13. The molecule has 0 atom stereocenters. The summed E-state index contributed by atoms with van der Waals surface area (Å²) in [7, 11) is 0. The zero-order valence-electron chi connectivity index (χ0n) is 11.1. The summed E-state index contributed by atoms with van der Waals surface area (Å²) >= 11 is 3.70. The third-order valence-corrected chi connectivity index (χ3v) is 5.01. The molecule has 1 fully saturated rings. The van der Waals surface area contributed by atoms with Crippen LogP contribution in [0.25, 0.3) is 0 Å². The number of halogens is 1. The maximum atomic E-state index is 6.12. The summed E-state index contributed by atoms with van der Waals surface area (Å²) in [5.41, 5.74) is 7.41. The largest absolute Gasteiger partial charge is 0.490 e. The highest BCUT2D eigenvalue weighted by molar-refractivity contribution is 9.10. The van der Waals surface area contributed by atoms with Gasteiger partial charge in [0.05, 0.1) is 13.2 Å². The normalized spacial score (nSPS) is 21.2. The molecular weight excluding hydrogens is 306 g/mol. The fraction of sp³-hybridized carbons (Fsp3) is 0.600. The summed E-state index contributed by atoms with van der Waals surface area (Å²) in [5.74, 6) is 1.79. The summed E-state index contributed by atoms with van der Waals surface area (Å²) in [5, 5.41) is 0. The standard InChI is InChI=1S/C15H20BrNO2/c16-11-4-5-12-14(19-9-3-8-18-12)13(11)15(10-17)6-1-2-7-15/h4-5H,1-3,6-10,17H2. The second-order valence-electron chi connectivity index (χ2n) is 5.49. The molecule has 0 saturated heterocycles. The molecule has 3 nitrogen and oxygen atoms in total. The number of nitrogens with two attached hydrogens (primary N) is 1. The van der Waals surface area contributed by atoms with Gasteiger partial charge in [0.1, 0.15) is 0 Å². The van der Waals surface area contributed by atoms with Crippen LogP contribution >= 0.6 is 15.9 Å². The molecule has 4 heteroatoms. The Labute approximate surface area is 122 Å². The van der Waals surface area contributed by atoms with E-state index >= 15 is 0 Å². The SMILES string of the molecule is NCC1(c2c(Br)ccc3c2OCCCO3)CCCC1. The third-order valence-electron chi connectivity index (χ3n) is 4.35. The van der Waals surface area contributed by atoms with E-state index < -0.39 is 0 Å². The highest BCUT2D eigenvalue weighted by Crippen LogP contribution is 2.50. The Morgan fingerprint density at radius 2 is 1.84 bits per heavy atom. The van der Waals surface area contributed by atoms with Crippen LogP contribution in [0.3, 0.4) is 0 Å². The van der Waals surface area contributed by atoms with Crippen molar-refractivity contribution in [3.05, 3.63) is 22.2 Å². The number of fused-ring (bicyclic) bond motifs is 1. The first-order valence-corrected chi connectivity index (χ1v) is 7.85. The topological polar surface area (TPSA) is 44.5 Å². The molecular formula is C15H20BrNO2. The molecule has 0 spiro atoms. The maximum absolute atomic E-state index is 6.12. The molecule has 1 aliphatic carbocycles. The maximum Gasteiger partial charge on any atom is 0.166 e. The van der Waals surface area contributed by atoms with Gasteiger partial charge in [-0.05, 0) is 25.0 Å². The Hall–Kier alpha value is -0.740. The number of ether oxygens (including phenoxy) is 2. The monoisotopic (exact) mass is 325 g/mol. The minimum Gasteiger partial charge on any atom is -0.490 e. The highest BCUT2D eigenvalue weighted by Gasteiger charge is 2.39. The smallest absolute Gasteiger partial charge is 0.166 e. The molecule has 1 heterocycles. The molecule has 0 aromatic heterocycles. The van der Waals surface area contributed by atoms with E-state index in [1.165, 1.54) is 18.4 Å². The molecule has 0 radical (unpaired) electrons. The summed E-state index contributed by atoms with van der Waals surface area (Å²) < 4.78 is 12.9. The van der Waals surface area contributed by atoms with Crippen molar-refractivity contribution in [3.63, 3.8) is 0 Å². The van der Waals surface area contributed by atoms with Gasteiger partial charge in [-0.1, -0.05) is 28.8 Å². The number of rotatable bonds is 2. The van der Waals surface area contributed by atoms with Crippen molar-refractivity contribution in [2.75, 3.05) is 19.8 Å². The van der Waals surface area contributed by atoms with Gasteiger partial charge in [0.15, 0.2) is 11.5 Å². The van der Waals surface area contributed by atoms with Crippen LogP contribution in [-0.2, 0) is 5.41 Å². The average Bonchev–Trinajstić information content (AvgIpc) is 2.78. The first-order chi connectivity index (χ1) is 9.27. The first kappa shape index (κ1) is 13.3. The van der Waals surface area contributed by atoms with Gasteiger partial charge in [-0.2, -0.15) is 0 Å². The van der Waals surface area contributed by atoms with E-state index in [1.807, 2.05) is 6.07 Å². The van der Waals surface area contributed by atoms with E-state index in [1.54, 1.807) is 0 Å². The van der Waals surface area contributed by atoms with Crippen LogP contribution in [0.5, 0.6) is 11.5 Å². The molecule has 1 saturated carbocycles. The second-order valence-corrected chi connectivity index (χ2v) is 6.35. The Morgan fingerprint density at radius 1 is 1.11 bits per heavy atom. The lowest BCUT2D eigenvalue weighted by Gasteiger charge is -2.31. The van der Waals surface area contributed by atoms with Gasteiger partial charge < -0.3 is 15.2 Å². The van der Waals surface area contributed by atoms with Crippen LogP contribution in [0.4, 0.5) is 0 Å². The summed E-state index contributed by atoms with van der Waals surface area (Å²) in [4.78, 5) is 0. The quantitative estimate of drug-likeness (QED) is 0.906. The van der Waals surface area contributed by atoms with Gasteiger partial charge >= 0.3 is 0 Å². The first-order valence-electron chi connectivity index (χ1n) is 7.05. The number of hydrogen-bond donors (Lipinski definition) is 1. The summed E-state index contributed by atoms with van der Waals surface area (Å²) in [6.45, 7) is 2.12. The Kier molecular flexibility index (Phi) is 3.72. The minimum atomic E-state index is 0.0534. The van der Waals surface area contributed by atoms with Gasteiger partial charge in [0.25, 0.3) is 0 Å². The van der Waals surface area contributed by atoms with E-state index in [0.29, 0.717) is 6.54 Å². The zero-order chi connectivity index (χ0) is 13.3. The van der Waals surface area contributed by atoms with Crippen molar-refractivity contribution in [3.8, 4) is 11.5 Å². The molecule has 2 aliphatic rings. The fourth-order valence-electron chi connectivity index (χ4n) is 3.31. The van der Waals surface area contributed by atoms with Crippen LogP contribution < -0.4 is 15.2 Å². The van der Waals surface area contributed by atoms with Gasteiger partial charge in [-0.15, -0.1) is 0 Å². The molecule has 1 aromatic rings. The Bertz CT molecular complexity index is 469. The molecule has 1 aromatic carbocycles. The predicted molar refractivity (Wildman–Crippen MR) is 78.9 cm³/mol. The fourth-order valence-corrected chi connectivity index (χ4v) is 4.05. The van der Waals surface area contributed by atoms with Gasteiger partial charge in [0, 0.05) is 28.4 Å². The van der Waals surface area contributed by atoms with Gasteiger partial charge in [-0.25, -0.2) is 0 Å². The van der Waals surface area contributed by atoms with Crippen LogP contribution in [0.1, 0.15) is 37.7 Å². The molecule has 0 amide bonds. The molecule has 104 valence electrons. The van der Waals surface area contributed by atoms with Crippen molar-refractivity contribution in [2.24, 2.45) is 5.73 Å². The minimum absolute atomic E-state index is 0.0534. The summed E-state index contributed by atoms with van der Waals surface area (Å²) in [6.07, 6.45) is 5.70. The highest BCUT2D eigenvalue weighted by atomic mass is 79.9. The molecule has 2 N–H and O–H groups in total. The van der Waals surface area contributed by atoms with Crippen LogP contribution in [0.15, 0.2) is 16.6 Å². The predicted octanol–water partition coefficient (Wildman–Crippen LogP) is 3.38. The van der Waals surface area contributed by atoms with E-state index in [4.69, 9.17) is 15.2 Å². The summed E-state index contributed by atoms with van der Waals surface area (Å²) in [6, 6.07) is 4.06. The van der Waals surface area contributed by atoms with Gasteiger partial charge in [0.2, 0.25) is 0 Å². The third kappa shape index (κ3) is 2.25. The van der Waals surface area contributed by atoms with Crippen LogP contribution in [0.2, 0.25) is 0 Å². The molecule has 0 bridgehead atoms. The molecule has 1 aliphatic heterocycles. The van der Waals surface area contributed by atoms with Crippen molar-refractivity contribution in [2.45, 2.75) is 37.5 Å². The lowest BCUT2D eigenvalue weighted by molar-refractivity contribution is 0.292. The van der Waals surface area contributed by atoms with E-state index in [2.05, 4.69) is 22.0 Å². The van der Waals surface area contributed by atoms with E-state index in [9.17, 15) is 0 Å². The molecule has 0 unspecified atom stereocenters. The lowest BCUT2D eigenvalue weighted by Crippen LogP contribution is -2.33.